The normalized spacial score (nSPS) is 10.6. The van der Waals surface area contributed by atoms with Crippen LogP contribution in [-0.4, -0.2) is 27.5 Å². The minimum absolute atomic E-state index is 0.561. The zero-order valence-corrected chi connectivity index (χ0v) is 12.1. The van der Waals surface area contributed by atoms with E-state index >= 15 is 0 Å². The third-order valence-corrected chi connectivity index (χ3v) is 3.06. The highest BCUT2D eigenvalue weighted by Crippen LogP contribution is 2.15. The van der Waals surface area contributed by atoms with Crippen LogP contribution in [0.5, 0.6) is 5.75 Å². The van der Waals surface area contributed by atoms with Crippen LogP contribution in [0.2, 0.25) is 0 Å². The maximum absolute atomic E-state index is 5.64. The Hall–Kier alpha value is -1.07. The van der Waals surface area contributed by atoms with Gasteiger partial charge in [-0.25, -0.2) is 4.68 Å². The molecule has 1 aromatic carbocycles. The first kappa shape index (κ1) is 13.4. The van der Waals surface area contributed by atoms with Gasteiger partial charge in [0.05, 0.1) is 12.2 Å². The second-order valence-electron chi connectivity index (χ2n) is 3.71. The molecule has 0 aliphatic carbocycles. The lowest BCUT2D eigenvalue weighted by Crippen LogP contribution is -2.08. The number of hydrogen-bond donors (Lipinski definition) is 0. The summed E-state index contributed by atoms with van der Waals surface area (Å²) in [6.07, 6.45) is 2.64. The molecule has 0 saturated carbocycles. The minimum atomic E-state index is 0.561. The van der Waals surface area contributed by atoms with Gasteiger partial charge in [-0.2, -0.15) is 0 Å². The van der Waals surface area contributed by atoms with Crippen molar-refractivity contribution in [1.29, 1.82) is 0 Å². The van der Waals surface area contributed by atoms with Crippen LogP contribution >= 0.6 is 27.5 Å². The van der Waals surface area contributed by atoms with Crippen molar-refractivity contribution >= 4 is 27.5 Å². The molecule has 1 heterocycles. The molecule has 18 heavy (non-hydrogen) atoms. The molecule has 0 fully saturated rings. The second kappa shape index (κ2) is 6.75. The van der Waals surface area contributed by atoms with Crippen molar-refractivity contribution in [3.8, 4) is 5.75 Å². The Bertz CT molecular complexity index is 486. The fourth-order valence-electron chi connectivity index (χ4n) is 1.45. The molecule has 0 unspecified atom stereocenters. The third-order valence-electron chi connectivity index (χ3n) is 2.34. The maximum atomic E-state index is 5.64. The Morgan fingerprint density at radius 3 is 2.78 bits per heavy atom. The highest BCUT2D eigenvalue weighted by molar-refractivity contribution is 9.10. The van der Waals surface area contributed by atoms with Gasteiger partial charge in [0.15, 0.2) is 0 Å². The van der Waals surface area contributed by atoms with E-state index in [1.165, 1.54) is 0 Å². The summed E-state index contributed by atoms with van der Waals surface area (Å²) in [5, 5.41) is 8.01. The number of nitrogens with zero attached hydrogens (tertiary/aromatic N) is 3. The van der Waals surface area contributed by atoms with Crippen molar-refractivity contribution in [2.45, 2.75) is 13.0 Å². The van der Waals surface area contributed by atoms with Crippen LogP contribution in [0.3, 0.4) is 0 Å². The van der Waals surface area contributed by atoms with Gasteiger partial charge < -0.3 is 4.74 Å². The van der Waals surface area contributed by atoms with Crippen molar-refractivity contribution in [1.82, 2.24) is 15.0 Å². The number of hydrogen-bond acceptors (Lipinski definition) is 3. The summed E-state index contributed by atoms with van der Waals surface area (Å²) in [7, 11) is 0. The number of halogens is 2. The molecular weight excluding hydrogens is 318 g/mol. The van der Waals surface area contributed by atoms with E-state index in [2.05, 4.69) is 26.2 Å². The van der Waals surface area contributed by atoms with E-state index in [0.29, 0.717) is 19.0 Å². The summed E-state index contributed by atoms with van der Waals surface area (Å²) >= 11 is 9.02. The second-order valence-corrected chi connectivity index (χ2v) is 5.01. The zero-order valence-electron chi connectivity index (χ0n) is 9.72. The molecular formula is C12H13BrClN3O. The van der Waals surface area contributed by atoms with E-state index in [1.807, 2.05) is 30.5 Å². The molecule has 2 rings (SSSR count). The molecule has 0 bridgehead atoms. The molecule has 0 atom stereocenters. The molecule has 0 spiro atoms. The fourth-order valence-corrected chi connectivity index (χ4v) is 1.90. The fraction of sp³-hybridized carbons (Fsp3) is 0.333. The average molecular weight is 331 g/mol. The van der Waals surface area contributed by atoms with Gasteiger partial charge in [-0.15, -0.1) is 16.7 Å². The SMILES string of the molecule is ClCCc1cn(CCOc2ccc(Br)cc2)nn1. The summed E-state index contributed by atoms with van der Waals surface area (Å²) in [6, 6.07) is 7.74. The third kappa shape index (κ3) is 3.99. The van der Waals surface area contributed by atoms with Crippen molar-refractivity contribution in [3.05, 3.63) is 40.6 Å². The minimum Gasteiger partial charge on any atom is -0.492 e. The first-order valence-corrected chi connectivity index (χ1v) is 6.94. The molecule has 0 N–H and O–H groups in total. The summed E-state index contributed by atoms with van der Waals surface area (Å²) in [6.45, 7) is 1.23. The maximum Gasteiger partial charge on any atom is 0.119 e. The Kier molecular flexibility index (Phi) is 5.01. The van der Waals surface area contributed by atoms with Crippen LogP contribution in [0.25, 0.3) is 0 Å². The van der Waals surface area contributed by atoms with Crippen LogP contribution in [0.15, 0.2) is 34.9 Å². The number of ether oxygens (including phenoxy) is 1. The highest BCUT2D eigenvalue weighted by Gasteiger charge is 2.00. The molecule has 96 valence electrons. The van der Waals surface area contributed by atoms with Gasteiger partial charge >= 0.3 is 0 Å². The van der Waals surface area contributed by atoms with Gasteiger partial charge in [0.1, 0.15) is 12.4 Å². The van der Waals surface area contributed by atoms with Gasteiger partial charge in [-0.1, -0.05) is 21.1 Å². The van der Waals surface area contributed by atoms with Crippen LogP contribution in [0, 0.1) is 0 Å². The lowest BCUT2D eigenvalue weighted by Gasteiger charge is -2.05. The number of alkyl halides is 1. The number of aryl methyl sites for hydroxylation is 1. The van der Waals surface area contributed by atoms with E-state index in [0.717, 1.165) is 22.3 Å². The van der Waals surface area contributed by atoms with Crippen molar-refractivity contribution in [2.75, 3.05) is 12.5 Å². The standard InChI is InChI=1S/C12H13BrClN3O/c13-10-1-3-12(4-2-10)18-8-7-17-9-11(5-6-14)15-16-17/h1-4,9H,5-8H2. The van der Waals surface area contributed by atoms with Gasteiger partial charge in [0, 0.05) is 23.0 Å². The average Bonchev–Trinajstić information content (AvgIpc) is 2.80. The molecule has 4 nitrogen and oxygen atoms in total. The van der Waals surface area contributed by atoms with E-state index in [-0.39, 0.29) is 0 Å². The van der Waals surface area contributed by atoms with Gasteiger partial charge in [-0.3, -0.25) is 0 Å². The van der Waals surface area contributed by atoms with Gasteiger partial charge in [0.25, 0.3) is 0 Å². The summed E-state index contributed by atoms with van der Waals surface area (Å²) in [4.78, 5) is 0. The van der Waals surface area contributed by atoms with Crippen LogP contribution in [0.4, 0.5) is 0 Å². The van der Waals surface area contributed by atoms with Crippen LogP contribution in [0.1, 0.15) is 5.69 Å². The molecule has 6 heteroatoms. The van der Waals surface area contributed by atoms with Crippen molar-refractivity contribution < 1.29 is 4.74 Å². The van der Waals surface area contributed by atoms with Crippen LogP contribution < -0.4 is 4.74 Å². The Morgan fingerprint density at radius 2 is 2.06 bits per heavy atom. The lowest BCUT2D eigenvalue weighted by atomic mass is 10.3. The summed E-state index contributed by atoms with van der Waals surface area (Å²) in [5.41, 5.74) is 0.911. The molecule has 0 radical (unpaired) electrons. The first-order chi connectivity index (χ1) is 8.78. The molecule has 0 aliphatic heterocycles. The number of rotatable bonds is 6. The van der Waals surface area contributed by atoms with Crippen LogP contribution in [-0.2, 0) is 13.0 Å². The largest absolute Gasteiger partial charge is 0.492 e. The Morgan fingerprint density at radius 1 is 1.28 bits per heavy atom. The van der Waals surface area contributed by atoms with E-state index in [1.54, 1.807) is 4.68 Å². The molecule has 0 amide bonds. The summed E-state index contributed by atoms with van der Waals surface area (Å²) in [5.74, 6) is 1.41. The molecule has 1 aromatic heterocycles. The van der Waals surface area contributed by atoms with Crippen molar-refractivity contribution in [3.63, 3.8) is 0 Å². The zero-order chi connectivity index (χ0) is 12.8. The van der Waals surface area contributed by atoms with E-state index in [4.69, 9.17) is 16.3 Å². The number of benzene rings is 1. The Labute approximate surface area is 119 Å². The molecule has 0 aliphatic rings. The van der Waals surface area contributed by atoms with Crippen molar-refractivity contribution in [2.24, 2.45) is 0 Å². The summed E-state index contributed by atoms with van der Waals surface area (Å²) < 4.78 is 8.40. The number of aromatic nitrogens is 3. The van der Waals surface area contributed by atoms with Gasteiger partial charge in [-0.05, 0) is 24.3 Å². The predicted molar refractivity (Wildman–Crippen MR) is 74.1 cm³/mol. The van der Waals surface area contributed by atoms with E-state index < -0.39 is 0 Å². The molecule has 2 aromatic rings. The Balaban J connectivity index is 1.79. The first-order valence-electron chi connectivity index (χ1n) is 5.61. The quantitative estimate of drug-likeness (QED) is 0.765. The molecule has 0 saturated heterocycles. The predicted octanol–water partition coefficient (Wildman–Crippen LogP) is 2.90. The smallest absolute Gasteiger partial charge is 0.119 e. The van der Waals surface area contributed by atoms with E-state index in [9.17, 15) is 0 Å². The lowest BCUT2D eigenvalue weighted by molar-refractivity contribution is 0.289. The highest BCUT2D eigenvalue weighted by atomic mass is 79.9. The topological polar surface area (TPSA) is 39.9 Å². The monoisotopic (exact) mass is 329 g/mol. The van der Waals surface area contributed by atoms with Gasteiger partial charge in [0.2, 0.25) is 0 Å².